The van der Waals surface area contributed by atoms with Crippen molar-refractivity contribution in [1.29, 1.82) is 0 Å². The Kier molecular flexibility index (Phi) is 4.66. The molecule has 1 aromatic carbocycles. The van der Waals surface area contributed by atoms with Crippen LogP contribution in [-0.2, 0) is 13.2 Å². The van der Waals surface area contributed by atoms with E-state index in [-0.39, 0.29) is 11.5 Å². The number of benzene rings is 1. The first-order valence-corrected chi connectivity index (χ1v) is 10.5. The van der Waals surface area contributed by atoms with Crippen LogP contribution in [0.2, 0.25) is 0 Å². The summed E-state index contributed by atoms with van der Waals surface area (Å²) in [6.45, 7) is 4.75. The summed E-state index contributed by atoms with van der Waals surface area (Å²) < 4.78 is 6.68. The Morgan fingerprint density at radius 2 is 1.93 bits per heavy atom. The predicted molar refractivity (Wildman–Crippen MR) is 111 cm³/mol. The van der Waals surface area contributed by atoms with Gasteiger partial charge in [-0.2, -0.15) is 5.10 Å². The average Bonchev–Trinajstić information content (AvgIpc) is 3.65. The second kappa shape index (κ2) is 7.36. The number of hydrogen-bond acceptors (Lipinski definition) is 6. The number of carbonyl (C=O) groups excluding carboxylic acids is 1. The molecule has 0 radical (unpaired) electrons. The number of carbonyl (C=O) groups is 1. The van der Waals surface area contributed by atoms with Crippen molar-refractivity contribution >= 4 is 16.8 Å². The molecule has 1 N–H and O–H groups in total. The van der Waals surface area contributed by atoms with Gasteiger partial charge in [0.05, 0.1) is 17.7 Å². The topological polar surface area (TPSA) is 93.3 Å². The lowest BCUT2D eigenvalue weighted by Gasteiger charge is -2.22. The van der Waals surface area contributed by atoms with Gasteiger partial charge in [0, 0.05) is 24.2 Å². The maximum absolute atomic E-state index is 12.8. The summed E-state index contributed by atoms with van der Waals surface area (Å²) in [4.78, 5) is 27.3. The van der Waals surface area contributed by atoms with Crippen LogP contribution in [0.25, 0.3) is 10.9 Å². The molecule has 2 heterocycles. The number of amides is 1. The monoisotopic (exact) mass is 407 g/mol. The summed E-state index contributed by atoms with van der Waals surface area (Å²) in [5, 5.41) is 12.2. The van der Waals surface area contributed by atoms with E-state index < -0.39 is 0 Å². The molecule has 5 rings (SSSR count). The fraction of sp³-hybridized carbons (Fsp3) is 0.455. The fourth-order valence-electron chi connectivity index (χ4n) is 3.84. The third-order valence-electron chi connectivity index (χ3n) is 5.83. The average molecular weight is 407 g/mol. The first kappa shape index (κ1) is 19.0. The number of hydrogen-bond donors (Lipinski definition) is 1. The van der Waals surface area contributed by atoms with Crippen LogP contribution in [0, 0.1) is 13.8 Å². The van der Waals surface area contributed by atoms with Gasteiger partial charge in [0.15, 0.2) is 5.52 Å². The fourth-order valence-corrected chi connectivity index (χ4v) is 3.84. The first-order valence-electron chi connectivity index (χ1n) is 10.5. The van der Waals surface area contributed by atoms with Crippen LogP contribution in [0.15, 0.2) is 33.6 Å². The molecule has 156 valence electrons. The molecule has 1 amide bonds. The Morgan fingerprint density at radius 1 is 1.20 bits per heavy atom. The standard InChI is InChI=1S/C22H25N5O3/c1-13-19-14(2)30-25-20(19)22(29)27(24-13)12-26(18-9-10-18)11-15-3-5-16(6-4-15)21(28)23-17-7-8-17/h3-6,17-18H,7-12H2,1-2H3,(H,23,28). The Bertz CT molecular complexity index is 1160. The maximum atomic E-state index is 12.8. The summed E-state index contributed by atoms with van der Waals surface area (Å²) in [5.74, 6) is 0.606. The second-order valence-electron chi connectivity index (χ2n) is 8.42. The highest BCUT2D eigenvalue weighted by atomic mass is 16.5. The van der Waals surface area contributed by atoms with Gasteiger partial charge in [0.1, 0.15) is 5.76 Å². The van der Waals surface area contributed by atoms with Gasteiger partial charge in [-0.05, 0) is 57.2 Å². The Hall–Kier alpha value is -3.00. The molecule has 2 fully saturated rings. The van der Waals surface area contributed by atoms with Crippen LogP contribution >= 0.6 is 0 Å². The highest BCUT2D eigenvalue weighted by Crippen LogP contribution is 2.29. The van der Waals surface area contributed by atoms with Gasteiger partial charge < -0.3 is 9.84 Å². The van der Waals surface area contributed by atoms with Crippen molar-refractivity contribution in [3.8, 4) is 0 Å². The molecule has 0 spiro atoms. The number of aryl methyl sites for hydroxylation is 2. The smallest absolute Gasteiger partial charge is 0.298 e. The van der Waals surface area contributed by atoms with Crippen LogP contribution in [0.5, 0.6) is 0 Å². The normalized spacial score (nSPS) is 16.4. The van der Waals surface area contributed by atoms with E-state index in [1.165, 1.54) is 4.68 Å². The zero-order valence-corrected chi connectivity index (χ0v) is 17.2. The summed E-state index contributed by atoms with van der Waals surface area (Å²) in [7, 11) is 0. The molecule has 8 nitrogen and oxygen atoms in total. The van der Waals surface area contributed by atoms with Gasteiger partial charge in [-0.1, -0.05) is 17.3 Å². The number of nitrogens with zero attached hydrogens (tertiary/aromatic N) is 4. The molecule has 0 saturated heterocycles. The van der Waals surface area contributed by atoms with E-state index in [0.29, 0.717) is 47.5 Å². The molecule has 2 aliphatic rings. The van der Waals surface area contributed by atoms with Crippen LogP contribution < -0.4 is 10.9 Å². The van der Waals surface area contributed by atoms with Crippen molar-refractivity contribution in [3.63, 3.8) is 0 Å². The Morgan fingerprint density at radius 3 is 2.60 bits per heavy atom. The zero-order chi connectivity index (χ0) is 20.8. The molecule has 0 bridgehead atoms. The molecule has 0 aliphatic heterocycles. The van der Waals surface area contributed by atoms with Crippen LogP contribution in [0.1, 0.15) is 53.1 Å². The molecule has 2 saturated carbocycles. The Balaban J connectivity index is 1.34. The van der Waals surface area contributed by atoms with Gasteiger partial charge in [-0.15, -0.1) is 0 Å². The number of rotatable bonds is 7. The van der Waals surface area contributed by atoms with E-state index in [9.17, 15) is 9.59 Å². The molecule has 3 aromatic rings. The molecular weight excluding hydrogens is 382 g/mol. The minimum atomic E-state index is -0.231. The number of aromatic nitrogens is 3. The van der Waals surface area contributed by atoms with Gasteiger partial charge in [-0.3, -0.25) is 14.5 Å². The van der Waals surface area contributed by atoms with E-state index in [2.05, 4.69) is 20.5 Å². The zero-order valence-electron chi connectivity index (χ0n) is 17.2. The summed E-state index contributed by atoms with van der Waals surface area (Å²) >= 11 is 0. The molecule has 30 heavy (non-hydrogen) atoms. The van der Waals surface area contributed by atoms with E-state index >= 15 is 0 Å². The van der Waals surface area contributed by atoms with Crippen molar-refractivity contribution in [1.82, 2.24) is 25.2 Å². The molecule has 0 atom stereocenters. The van der Waals surface area contributed by atoms with E-state index in [4.69, 9.17) is 4.52 Å². The molecule has 2 aromatic heterocycles. The van der Waals surface area contributed by atoms with Gasteiger partial charge >= 0.3 is 0 Å². The maximum Gasteiger partial charge on any atom is 0.298 e. The van der Waals surface area contributed by atoms with Crippen molar-refractivity contribution in [3.05, 3.63) is 57.2 Å². The van der Waals surface area contributed by atoms with E-state index in [0.717, 1.165) is 36.9 Å². The highest BCUT2D eigenvalue weighted by molar-refractivity contribution is 5.94. The quantitative estimate of drug-likeness (QED) is 0.647. The van der Waals surface area contributed by atoms with Crippen molar-refractivity contribution in [2.45, 2.75) is 64.8 Å². The third kappa shape index (κ3) is 3.75. The predicted octanol–water partition coefficient (Wildman–Crippen LogP) is 2.52. The van der Waals surface area contributed by atoms with Crippen molar-refractivity contribution in [2.24, 2.45) is 0 Å². The Labute approximate surface area is 173 Å². The van der Waals surface area contributed by atoms with Crippen LogP contribution in [0.3, 0.4) is 0 Å². The minimum absolute atomic E-state index is 0.00876. The molecule has 0 unspecified atom stereocenters. The third-order valence-corrected chi connectivity index (χ3v) is 5.83. The van der Waals surface area contributed by atoms with E-state index in [1.54, 1.807) is 6.92 Å². The lowest BCUT2D eigenvalue weighted by atomic mass is 10.1. The second-order valence-corrected chi connectivity index (χ2v) is 8.42. The van der Waals surface area contributed by atoms with Crippen molar-refractivity contribution < 1.29 is 9.32 Å². The van der Waals surface area contributed by atoms with Gasteiger partial charge in [0.2, 0.25) is 0 Å². The minimum Gasteiger partial charge on any atom is -0.360 e. The van der Waals surface area contributed by atoms with Gasteiger partial charge in [0.25, 0.3) is 11.5 Å². The van der Waals surface area contributed by atoms with Crippen molar-refractivity contribution in [2.75, 3.05) is 0 Å². The SMILES string of the molecule is Cc1nn(CN(Cc2ccc(C(=O)NC3CC3)cc2)C2CC2)c(=O)c2noc(C)c12. The molecular formula is C22H25N5O3. The lowest BCUT2D eigenvalue weighted by molar-refractivity contribution is 0.0951. The van der Waals surface area contributed by atoms with Crippen LogP contribution in [0.4, 0.5) is 0 Å². The summed E-state index contributed by atoms with van der Waals surface area (Å²) in [6, 6.07) is 8.51. The van der Waals surface area contributed by atoms with E-state index in [1.807, 2.05) is 31.2 Å². The lowest BCUT2D eigenvalue weighted by Crippen LogP contribution is -2.35. The highest BCUT2D eigenvalue weighted by Gasteiger charge is 2.30. The number of fused-ring (bicyclic) bond motifs is 1. The largest absolute Gasteiger partial charge is 0.360 e. The number of nitrogens with one attached hydrogen (secondary N) is 1. The molecule has 2 aliphatic carbocycles. The van der Waals surface area contributed by atoms with Crippen LogP contribution in [-0.4, -0.2) is 37.8 Å². The molecule has 8 heteroatoms. The first-order chi connectivity index (χ1) is 14.5. The summed E-state index contributed by atoms with van der Waals surface area (Å²) in [6.07, 6.45) is 4.38. The summed E-state index contributed by atoms with van der Waals surface area (Å²) in [5.41, 5.74) is 2.63. The van der Waals surface area contributed by atoms with Gasteiger partial charge in [-0.25, -0.2) is 4.68 Å².